The van der Waals surface area contributed by atoms with Gasteiger partial charge in [0, 0.05) is 24.8 Å². The second-order valence-corrected chi connectivity index (χ2v) is 8.79. The summed E-state index contributed by atoms with van der Waals surface area (Å²) in [6.45, 7) is 6.03. The molecule has 4 rings (SSSR count). The lowest BCUT2D eigenvalue weighted by molar-refractivity contribution is -0.138. The number of fused-ring (bicyclic) bond motifs is 1. The molecule has 7 heteroatoms. The number of hydrogen-bond donors (Lipinski definition) is 1. The molecule has 1 fully saturated rings. The molecule has 0 spiro atoms. The van der Waals surface area contributed by atoms with Gasteiger partial charge in [-0.15, -0.1) is 0 Å². The molecule has 1 N–H and O–H groups in total. The number of amides is 1. The Bertz CT molecular complexity index is 1200. The number of carbonyl (C=O) groups is 1. The van der Waals surface area contributed by atoms with Crippen LogP contribution >= 0.6 is 0 Å². The number of benzene rings is 2. The average molecular weight is 450 g/mol. The van der Waals surface area contributed by atoms with Crippen molar-refractivity contribution in [3.63, 3.8) is 0 Å². The van der Waals surface area contributed by atoms with Gasteiger partial charge in [0.2, 0.25) is 0 Å². The Kier molecular flexibility index (Phi) is 6.81. The third-order valence-corrected chi connectivity index (χ3v) is 6.26. The molecule has 1 aliphatic rings. The number of nitrogens with zero attached hydrogens (tertiary/aromatic N) is 2. The molecule has 33 heavy (non-hydrogen) atoms. The van der Waals surface area contributed by atoms with Crippen LogP contribution in [0, 0.1) is 6.92 Å². The Hall–Kier alpha value is -3.16. The summed E-state index contributed by atoms with van der Waals surface area (Å²) in [5.41, 5.74) is 2.96. The Morgan fingerprint density at radius 3 is 2.73 bits per heavy atom. The Balaban J connectivity index is 1.58. The summed E-state index contributed by atoms with van der Waals surface area (Å²) < 4.78 is 11.6. The first kappa shape index (κ1) is 23.0. The normalized spacial score (nSPS) is 17.7. The summed E-state index contributed by atoms with van der Waals surface area (Å²) in [4.78, 5) is 32.4. The number of hydrogen-bond acceptors (Lipinski definition) is 5. The van der Waals surface area contributed by atoms with Gasteiger partial charge in [0.15, 0.2) is 6.10 Å². The third-order valence-electron chi connectivity index (χ3n) is 6.26. The number of likely N-dealkylation sites (N-methyl/N-ethyl adjacent to an activating group) is 1. The summed E-state index contributed by atoms with van der Waals surface area (Å²) in [6, 6.07) is 13.6. The Labute approximate surface area is 193 Å². The van der Waals surface area contributed by atoms with E-state index in [2.05, 4.69) is 9.88 Å². The van der Waals surface area contributed by atoms with E-state index >= 15 is 0 Å². The van der Waals surface area contributed by atoms with Crippen LogP contribution in [0.1, 0.15) is 12.5 Å². The van der Waals surface area contributed by atoms with Gasteiger partial charge in [-0.1, -0.05) is 24.3 Å². The topological polar surface area (TPSA) is 74.9 Å². The van der Waals surface area contributed by atoms with E-state index in [9.17, 15) is 9.59 Å². The van der Waals surface area contributed by atoms with Crippen molar-refractivity contribution in [1.29, 1.82) is 0 Å². The number of rotatable bonds is 5. The van der Waals surface area contributed by atoms with Crippen LogP contribution in [-0.2, 0) is 9.53 Å². The molecule has 1 aromatic heterocycles. The molecule has 1 aliphatic heterocycles. The molecule has 2 aromatic carbocycles. The maximum Gasteiger partial charge on any atom is 0.263 e. The minimum absolute atomic E-state index is 0.0879. The van der Waals surface area contributed by atoms with Gasteiger partial charge in [-0.2, -0.15) is 0 Å². The first-order valence-corrected chi connectivity index (χ1v) is 11.3. The molecule has 1 amide bonds. The number of aromatic nitrogens is 1. The average Bonchev–Trinajstić information content (AvgIpc) is 3.06. The molecule has 7 nitrogen and oxygen atoms in total. The summed E-state index contributed by atoms with van der Waals surface area (Å²) in [7, 11) is 3.97. The van der Waals surface area contributed by atoms with Crippen molar-refractivity contribution in [2.45, 2.75) is 26.0 Å². The van der Waals surface area contributed by atoms with Crippen molar-refractivity contribution in [3.05, 3.63) is 64.6 Å². The number of H-pyrrole nitrogens is 1. The van der Waals surface area contributed by atoms with Crippen LogP contribution in [0.4, 0.5) is 0 Å². The van der Waals surface area contributed by atoms with Crippen molar-refractivity contribution in [2.75, 3.05) is 40.4 Å². The second-order valence-electron chi connectivity index (χ2n) is 8.79. The highest BCUT2D eigenvalue weighted by atomic mass is 16.5. The second kappa shape index (κ2) is 9.77. The minimum atomic E-state index is -0.679. The van der Waals surface area contributed by atoms with E-state index < -0.39 is 6.10 Å². The Morgan fingerprint density at radius 1 is 1.18 bits per heavy atom. The van der Waals surface area contributed by atoms with E-state index in [1.165, 1.54) is 0 Å². The standard InChI is InChI=1S/C26H31N3O4/c1-17-7-5-6-8-21(17)24-14-27-25(30)23-13-20(9-10-22(23)24)33-18(2)26(31)29-11-12-32-16-19(15-29)28(3)4/h5-10,13-14,18-19H,11-12,15-16H2,1-4H3,(H,27,30)/t18-,19-/m1/s1. The van der Waals surface area contributed by atoms with E-state index in [1.54, 1.807) is 24.1 Å². The Morgan fingerprint density at radius 2 is 1.97 bits per heavy atom. The van der Waals surface area contributed by atoms with E-state index in [-0.39, 0.29) is 17.5 Å². The molecule has 0 saturated carbocycles. The van der Waals surface area contributed by atoms with Gasteiger partial charge in [-0.3, -0.25) is 9.59 Å². The predicted octanol–water partition coefficient (Wildman–Crippen LogP) is 3.06. The molecule has 0 radical (unpaired) electrons. The number of aromatic amines is 1. The lowest BCUT2D eigenvalue weighted by Crippen LogP contribution is -2.47. The SMILES string of the molecule is Cc1ccccc1-c1c[nH]c(=O)c2cc(O[C@H](C)C(=O)N3CCOC[C@H](N(C)C)C3)ccc12. The molecule has 0 aliphatic carbocycles. The quantitative estimate of drug-likeness (QED) is 0.648. The molecule has 0 unspecified atom stereocenters. The number of ether oxygens (including phenoxy) is 2. The number of nitrogens with one attached hydrogen (secondary N) is 1. The lowest BCUT2D eigenvalue weighted by Gasteiger charge is -2.29. The van der Waals surface area contributed by atoms with Crippen LogP contribution in [0.2, 0.25) is 0 Å². The molecule has 0 bridgehead atoms. The van der Waals surface area contributed by atoms with Gasteiger partial charge in [0.25, 0.3) is 11.5 Å². The minimum Gasteiger partial charge on any atom is -0.481 e. The van der Waals surface area contributed by atoms with Gasteiger partial charge >= 0.3 is 0 Å². The molecular weight excluding hydrogens is 418 g/mol. The maximum absolute atomic E-state index is 13.1. The first-order chi connectivity index (χ1) is 15.8. The van der Waals surface area contributed by atoms with Crippen LogP contribution in [0.5, 0.6) is 5.75 Å². The van der Waals surface area contributed by atoms with E-state index in [0.29, 0.717) is 37.4 Å². The van der Waals surface area contributed by atoms with Crippen LogP contribution in [-0.4, -0.2) is 73.2 Å². The van der Waals surface area contributed by atoms with Crippen molar-refractivity contribution in [1.82, 2.24) is 14.8 Å². The van der Waals surface area contributed by atoms with Crippen LogP contribution in [0.15, 0.2) is 53.5 Å². The summed E-state index contributed by atoms with van der Waals surface area (Å²) in [5, 5.41) is 1.38. The number of carbonyl (C=O) groups excluding carboxylic acids is 1. The molecule has 174 valence electrons. The van der Waals surface area contributed by atoms with Crippen molar-refractivity contribution >= 4 is 16.7 Å². The van der Waals surface area contributed by atoms with Crippen molar-refractivity contribution < 1.29 is 14.3 Å². The largest absolute Gasteiger partial charge is 0.481 e. The molecule has 2 heterocycles. The van der Waals surface area contributed by atoms with Gasteiger partial charge in [0.1, 0.15) is 5.75 Å². The zero-order chi connectivity index (χ0) is 23.5. The van der Waals surface area contributed by atoms with E-state index in [1.807, 2.05) is 57.4 Å². The van der Waals surface area contributed by atoms with Crippen LogP contribution in [0.25, 0.3) is 21.9 Å². The zero-order valence-electron chi connectivity index (χ0n) is 19.6. The number of pyridine rings is 1. The maximum atomic E-state index is 13.1. The van der Waals surface area contributed by atoms with Gasteiger partial charge in [-0.05, 0) is 62.7 Å². The van der Waals surface area contributed by atoms with Gasteiger partial charge in [-0.25, -0.2) is 0 Å². The lowest BCUT2D eigenvalue weighted by atomic mass is 9.97. The fourth-order valence-electron chi connectivity index (χ4n) is 4.23. The molecule has 3 aromatic rings. The monoisotopic (exact) mass is 449 g/mol. The highest BCUT2D eigenvalue weighted by molar-refractivity contribution is 5.97. The van der Waals surface area contributed by atoms with E-state index in [4.69, 9.17) is 9.47 Å². The number of aryl methyl sites for hydroxylation is 1. The highest BCUT2D eigenvalue weighted by Gasteiger charge is 2.28. The van der Waals surface area contributed by atoms with Crippen LogP contribution in [0.3, 0.4) is 0 Å². The molecular formula is C26H31N3O4. The smallest absolute Gasteiger partial charge is 0.263 e. The fourth-order valence-corrected chi connectivity index (χ4v) is 4.23. The highest BCUT2D eigenvalue weighted by Crippen LogP contribution is 2.30. The van der Waals surface area contributed by atoms with Crippen molar-refractivity contribution in [2.24, 2.45) is 0 Å². The molecule has 2 atom stereocenters. The summed E-state index contributed by atoms with van der Waals surface area (Å²) in [5.74, 6) is 0.404. The predicted molar refractivity (Wildman–Crippen MR) is 130 cm³/mol. The van der Waals surface area contributed by atoms with Gasteiger partial charge in [0.05, 0.1) is 24.6 Å². The van der Waals surface area contributed by atoms with E-state index in [0.717, 1.165) is 22.1 Å². The first-order valence-electron chi connectivity index (χ1n) is 11.3. The molecule has 1 saturated heterocycles. The fraction of sp³-hybridized carbons (Fsp3) is 0.385. The van der Waals surface area contributed by atoms with Crippen molar-refractivity contribution in [3.8, 4) is 16.9 Å². The third kappa shape index (κ3) is 4.94. The zero-order valence-corrected chi connectivity index (χ0v) is 19.6. The summed E-state index contributed by atoms with van der Waals surface area (Å²) >= 11 is 0. The van der Waals surface area contributed by atoms with Crippen LogP contribution < -0.4 is 10.3 Å². The van der Waals surface area contributed by atoms with Gasteiger partial charge < -0.3 is 24.3 Å². The summed E-state index contributed by atoms with van der Waals surface area (Å²) in [6.07, 6.45) is 1.07.